The van der Waals surface area contributed by atoms with Gasteiger partial charge in [-0.1, -0.05) is 0 Å². The van der Waals surface area contributed by atoms with Gasteiger partial charge in [-0.25, -0.2) is 0 Å². The van der Waals surface area contributed by atoms with Crippen LogP contribution in [0.4, 0.5) is 0 Å². The first-order chi connectivity index (χ1) is 6.84. The van der Waals surface area contributed by atoms with Crippen molar-refractivity contribution in [1.82, 2.24) is 5.32 Å². The Hall–Kier alpha value is -0.800. The van der Waals surface area contributed by atoms with E-state index in [0.29, 0.717) is 6.04 Å². The normalized spacial score (nSPS) is 22.5. The smallest absolute Gasteiger partial charge is 0.117 e. The van der Waals surface area contributed by atoms with Gasteiger partial charge in [0.05, 0.1) is 13.2 Å². The second-order valence-corrected chi connectivity index (χ2v) is 3.81. The van der Waals surface area contributed by atoms with E-state index in [9.17, 15) is 0 Å². The van der Waals surface area contributed by atoms with Crippen molar-refractivity contribution in [3.8, 4) is 0 Å². The molecule has 1 N–H and O–H groups in total. The summed E-state index contributed by atoms with van der Waals surface area (Å²) in [6, 6.07) is 4.51. The molecule has 1 aromatic rings. The van der Waals surface area contributed by atoms with Gasteiger partial charge in [0.25, 0.3) is 0 Å². The van der Waals surface area contributed by atoms with E-state index in [0.717, 1.165) is 37.7 Å². The van der Waals surface area contributed by atoms with E-state index in [1.807, 2.05) is 19.1 Å². The Morgan fingerprint density at radius 3 is 3.07 bits per heavy atom. The van der Waals surface area contributed by atoms with Crippen LogP contribution in [0.5, 0.6) is 0 Å². The Morgan fingerprint density at radius 1 is 1.50 bits per heavy atom. The third kappa shape index (κ3) is 2.59. The van der Waals surface area contributed by atoms with Crippen LogP contribution in [0.15, 0.2) is 16.5 Å². The van der Waals surface area contributed by atoms with Crippen LogP contribution in [-0.4, -0.2) is 19.3 Å². The van der Waals surface area contributed by atoms with Gasteiger partial charge in [0.15, 0.2) is 0 Å². The van der Waals surface area contributed by atoms with E-state index in [4.69, 9.17) is 9.15 Å². The maximum Gasteiger partial charge on any atom is 0.117 e. The minimum atomic E-state index is 0.495. The van der Waals surface area contributed by atoms with E-state index in [1.54, 1.807) is 0 Å². The highest BCUT2D eigenvalue weighted by atomic mass is 16.5. The SMILES string of the molecule is Cc1ccc(CN[C@@H]2CCCOC2)o1. The van der Waals surface area contributed by atoms with Crippen molar-refractivity contribution < 1.29 is 9.15 Å². The molecule has 14 heavy (non-hydrogen) atoms. The number of aryl methyl sites for hydroxylation is 1. The van der Waals surface area contributed by atoms with Crippen molar-refractivity contribution in [3.63, 3.8) is 0 Å². The maximum absolute atomic E-state index is 5.47. The van der Waals surface area contributed by atoms with Crippen LogP contribution in [-0.2, 0) is 11.3 Å². The average Bonchev–Trinajstić information content (AvgIpc) is 2.63. The molecular weight excluding hydrogens is 178 g/mol. The average molecular weight is 195 g/mol. The van der Waals surface area contributed by atoms with Gasteiger partial charge in [0.1, 0.15) is 11.5 Å². The van der Waals surface area contributed by atoms with Crippen molar-refractivity contribution in [3.05, 3.63) is 23.7 Å². The molecule has 1 saturated heterocycles. The molecule has 0 amide bonds. The van der Waals surface area contributed by atoms with Crippen LogP contribution in [0.1, 0.15) is 24.4 Å². The zero-order chi connectivity index (χ0) is 9.80. The quantitative estimate of drug-likeness (QED) is 0.799. The highest BCUT2D eigenvalue weighted by molar-refractivity contribution is 5.05. The predicted molar refractivity (Wildman–Crippen MR) is 54.1 cm³/mol. The lowest BCUT2D eigenvalue weighted by Crippen LogP contribution is -2.36. The third-order valence-electron chi connectivity index (χ3n) is 2.52. The molecule has 78 valence electrons. The largest absolute Gasteiger partial charge is 0.465 e. The van der Waals surface area contributed by atoms with Gasteiger partial charge in [-0.05, 0) is 31.9 Å². The molecule has 0 aliphatic carbocycles. The van der Waals surface area contributed by atoms with Gasteiger partial charge < -0.3 is 14.5 Å². The van der Waals surface area contributed by atoms with Gasteiger partial charge in [-0.15, -0.1) is 0 Å². The summed E-state index contributed by atoms with van der Waals surface area (Å²) < 4.78 is 10.9. The second-order valence-electron chi connectivity index (χ2n) is 3.81. The number of ether oxygens (including phenoxy) is 1. The predicted octanol–water partition coefficient (Wildman–Crippen LogP) is 1.86. The monoisotopic (exact) mass is 195 g/mol. The Balaban J connectivity index is 1.76. The maximum atomic E-state index is 5.47. The molecule has 3 nitrogen and oxygen atoms in total. The van der Waals surface area contributed by atoms with Crippen molar-refractivity contribution in [1.29, 1.82) is 0 Å². The summed E-state index contributed by atoms with van der Waals surface area (Å²) in [5.41, 5.74) is 0. The number of nitrogens with one attached hydrogen (secondary N) is 1. The van der Waals surface area contributed by atoms with Gasteiger partial charge >= 0.3 is 0 Å². The van der Waals surface area contributed by atoms with Crippen LogP contribution >= 0.6 is 0 Å². The Bertz CT molecular complexity index is 277. The van der Waals surface area contributed by atoms with Crippen molar-refractivity contribution >= 4 is 0 Å². The van der Waals surface area contributed by atoms with Crippen molar-refractivity contribution in [2.75, 3.05) is 13.2 Å². The molecule has 0 saturated carbocycles. The zero-order valence-electron chi connectivity index (χ0n) is 8.58. The molecule has 2 rings (SSSR count). The van der Waals surface area contributed by atoms with Crippen LogP contribution in [0.2, 0.25) is 0 Å². The Kier molecular flexibility index (Phi) is 3.22. The standard InChI is InChI=1S/C11H17NO2/c1-9-4-5-11(14-9)7-12-10-3-2-6-13-8-10/h4-5,10,12H,2-3,6-8H2,1H3/t10-/m1/s1. The van der Waals surface area contributed by atoms with Crippen molar-refractivity contribution in [2.45, 2.75) is 32.4 Å². The second kappa shape index (κ2) is 4.62. The summed E-state index contributed by atoms with van der Waals surface area (Å²) in [5.74, 6) is 1.98. The van der Waals surface area contributed by atoms with Gasteiger partial charge in [-0.3, -0.25) is 0 Å². The molecule has 0 radical (unpaired) electrons. The lowest BCUT2D eigenvalue weighted by atomic mass is 10.1. The molecule has 0 spiro atoms. The summed E-state index contributed by atoms with van der Waals surface area (Å²) in [6.45, 7) is 4.52. The number of hydrogen-bond donors (Lipinski definition) is 1. The summed E-state index contributed by atoms with van der Waals surface area (Å²) >= 11 is 0. The van der Waals surface area contributed by atoms with Crippen LogP contribution < -0.4 is 5.32 Å². The Morgan fingerprint density at radius 2 is 2.43 bits per heavy atom. The van der Waals surface area contributed by atoms with E-state index < -0.39 is 0 Å². The molecule has 0 unspecified atom stereocenters. The number of rotatable bonds is 3. The zero-order valence-corrected chi connectivity index (χ0v) is 8.58. The molecule has 0 aromatic carbocycles. The number of hydrogen-bond acceptors (Lipinski definition) is 3. The first-order valence-electron chi connectivity index (χ1n) is 5.21. The number of furan rings is 1. The van der Waals surface area contributed by atoms with E-state index >= 15 is 0 Å². The van der Waals surface area contributed by atoms with E-state index in [1.165, 1.54) is 6.42 Å². The lowest BCUT2D eigenvalue weighted by molar-refractivity contribution is 0.0693. The molecule has 0 bridgehead atoms. The topological polar surface area (TPSA) is 34.4 Å². The highest BCUT2D eigenvalue weighted by Crippen LogP contribution is 2.09. The fourth-order valence-corrected chi connectivity index (χ4v) is 1.73. The molecule has 1 fully saturated rings. The molecule has 1 atom stereocenters. The van der Waals surface area contributed by atoms with E-state index in [2.05, 4.69) is 5.32 Å². The van der Waals surface area contributed by atoms with Crippen LogP contribution in [0, 0.1) is 6.92 Å². The molecule has 1 aliphatic rings. The Labute approximate surface area is 84.4 Å². The first-order valence-corrected chi connectivity index (χ1v) is 5.21. The molecular formula is C11H17NO2. The van der Waals surface area contributed by atoms with E-state index in [-0.39, 0.29) is 0 Å². The van der Waals surface area contributed by atoms with Gasteiger partial charge in [0.2, 0.25) is 0 Å². The summed E-state index contributed by atoms with van der Waals surface area (Å²) in [5, 5.41) is 3.43. The fourth-order valence-electron chi connectivity index (χ4n) is 1.73. The summed E-state index contributed by atoms with van der Waals surface area (Å²) in [4.78, 5) is 0. The first kappa shape index (κ1) is 9.74. The van der Waals surface area contributed by atoms with Crippen LogP contribution in [0.25, 0.3) is 0 Å². The summed E-state index contributed by atoms with van der Waals surface area (Å²) in [7, 11) is 0. The third-order valence-corrected chi connectivity index (χ3v) is 2.52. The van der Waals surface area contributed by atoms with Gasteiger partial charge in [-0.2, -0.15) is 0 Å². The molecule has 2 heterocycles. The van der Waals surface area contributed by atoms with Crippen LogP contribution in [0.3, 0.4) is 0 Å². The van der Waals surface area contributed by atoms with Gasteiger partial charge in [0, 0.05) is 12.6 Å². The van der Waals surface area contributed by atoms with Crippen molar-refractivity contribution in [2.24, 2.45) is 0 Å². The lowest BCUT2D eigenvalue weighted by Gasteiger charge is -2.22. The fraction of sp³-hybridized carbons (Fsp3) is 0.636. The summed E-state index contributed by atoms with van der Waals surface area (Å²) in [6.07, 6.45) is 2.37. The molecule has 1 aliphatic heterocycles. The highest BCUT2D eigenvalue weighted by Gasteiger charge is 2.13. The molecule has 1 aromatic heterocycles. The minimum absolute atomic E-state index is 0.495. The molecule has 3 heteroatoms. The minimum Gasteiger partial charge on any atom is -0.465 e.